The van der Waals surface area contributed by atoms with Crippen LogP contribution in [-0.2, 0) is 16.6 Å². The standard InChI is InChI=1S/C27H27N3O3/c1-32-22-8-3-6-19(16-22)27(20-7-4-9-23(17-20)33-2)13-12-24-25(18-27)30(14-5-15-31)29-26(24)28-21-10-11-21/h3-9,12-17,21H,10-11,18H2,1-2H3,(H,28,29). The van der Waals surface area contributed by atoms with Crippen LogP contribution in [0.3, 0.4) is 0 Å². The summed E-state index contributed by atoms with van der Waals surface area (Å²) in [7, 11) is 3.36. The van der Waals surface area contributed by atoms with Gasteiger partial charge in [0.1, 0.15) is 17.8 Å². The lowest BCUT2D eigenvalue weighted by atomic mass is 9.68. The largest absolute Gasteiger partial charge is 0.497 e. The molecule has 0 spiro atoms. The Hall–Kier alpha value is -3.80. The zero-order valence-corrected chi connectivity index (χ0v) is 18.8. The molecule has 1 heterocycles. The average molecular weight is 442 g/mol. The van der Waals surface area contributed by atoms with Crippen LogP contribution in [0.2, 0.25) is 0 Å². The minimum absolute atomic E-state index is 0.459. The number of benzene rings is 2. The number of allylic oxidation sites excluding steroid dienone is 2. The molecule has 0 aliphatic heterocycles. The number of methoxy groups -OCH3 is 2. The number of fused-ring (bicyclic) bond motifs is 1. The van der Waals surface area contributed by atoms with Gasteiger partial charge in [-0.3, -0.25) is 4.79 Å². The maximum Gasteiger partial charge on any atom is 0.156 e. The van der Waals surface area contributed by atoms with Gasteiger partial charge in [-0.2, -0.15) is 5.10 Å². The molecule has 6 nitrogen and oxygen atoms in total. The third-order valence-electron chi connectivity index (χ3n) is 6.42. The molecule has 1 saturated carbocycles. The van der Waals surface area contributed by atoms with Gasteiger partial charge in [0, 0.05) is 29.6 Å². The third-order valence-corrected chi connectivity index (χ3v) is 6.42. The van der Waals surface area contributed by atoms with Gasteiger partial charge in [0.05, 0.1) is 19.9 Å². The van der Waals surface area contributed by atoms with Crippen molar-refractivity contribution in [3.05, 3.63) is 83.1 Å². The summed E-state index contributed by atoms with van der Waals surface area (Å²) in [5.41, 5.74) is 3.88. The molecule has 2 aliphatic rings. The van der Waals surface area contributed by atoms with Crippen LogP contribution in [0.4, 0.5) is 5.82 Å². The van der Waals surface area contributed by atoms with Crippen molar-refractivity contribution in [2.75, 3.05) is 19.5 Å². The number of carbonyl (C=O) groups is 1. The van der Waals surface area contributed by atoms with E-state index in [1.807, 2.05) is 28.9 Å². The maximum absolute atomic E-state index is 11.1. The second-order valence-electron chi connectivity index (χ2n) is 8.50. The molecule has 168 valence electrons. The van der Waals surface area contributed by atoms with Gasteiger partial charge in [0.15, 0.2) is 5.82 Å². The Morgan fingerprint density at radius 3 is 2.30 bits per heavy atom. The number of anilines is 1. The number of hydrogen-bond acceptors (Lipinski definition) is 5. The van der Waals surface area contributed by atoms with E-state index in [1.54, 1.807) is 20.4 Å². The van der Waals surface area contributed by atoms with Gasteiger partial charge >= 0.3 is 0 Å². The zero-order chi connectivity index (χ0) is 22.8. The smallest absolute Gasteiger partial charge is 0.156 e. The number of nitrogens with zero attached hydrogens (tertiary/aromatic N) is 2. The van der Waals surface area contributed by atoms with Crippen LogP contribution >= 0.6 is 0 Å². The third kappa shape index (κ3) is 3.93. The number of nitrogens with one attached hydrogen (secondary N) is 1. The first-order valence-corrected chi connectivity index (χ1v) is 11.1. The van der Waals surface area contributed by atoms with Gasteiger partial charge in [-0.25, -0.2) is 4.68 Å². The summed E-state index contributed by atoms with van der Waals surface area (Å²) in [6.07, 6.45) is 11.4. The molecular formula is C27H27N3O3. The van der Waals surface area contributed by atoms with E-state index in [2.05, 4.69) is 41.7 Å². The number of ether oxygens (including phenoxy) is 2. The van der Waals surface area contributed by atoms with Crippen LogP contribution in [0.25, 0.3) is 12.3 Å². The van der Waals surface area contributed by atoms with Crippen molar-refractivity contribution < 1.29 is 14.3 Å². The van der Waals surface area contributed by atoms with Gasteiger partial charge in [-0.1, -0.05) is 36.4 Å². The molecule has 0 unspecified atom stereocenters. The molecule has 1 fully saturated rings. The number of aromatic nitrogens is 2. The highest BCUT2D eigenvalue weighted by atomic mass is 16.5. The minimum Gasteiger partial charge on any atom is -0.497 e. The second kappa shape index (κ2) is 8.62. The molecule has 33 heavy (non-hydrogen) atoms. The van der Waals surface area contributed by atoms with Crippen LogP contribution < -0.4 is 14.8 Å². The normalized spacial score (nSPS) is 16.4. The SMILES string of the molecule is COc1cccc(C2(c3cccc(OC)c3)C=Cc3c(NC4CC4)nn(C=CC=O)c3C2)c1. The molecule has 3 aromatic rings. The van der Waals surface area contributed by atoms with Crippen molar-refractivity contribution in [2.24, 2.45) is 0 Å². The summed E-state index contributed by atoms with van der Waals surface area (Å²) >= 11 is 0. The minimum atomic E-state index is -0.459. The Morgan fingerprint density at radius 2 is 1.73 bits per heavy atom. The van der Waals surface area contributed by atoms with E-state index in [1.165, 1.54) is 6.08 Å². The molecule has 0 radical (unpaired) electrons. The fourth-order valence-electron chi connectivity index (χ4n) is 4.51. The van der Waals surface area contributed by atoms with Crippen LogP contribution in [0.1, 0.15) is 35.2 Å². The lowest BCUT2D eigenvalue weighted by Gasteiger charge is -2.35. The van der Waals surface area contributed by atoms with Crippen molar-refractivity contribution >= 4 is 24.4 Å². The zero-order valence-electron chi connectivity index (χ0n) is 18.8. The summed E-state index contributed by atoms with van der Waals surface area (Å²) in [5.74, 6) is 2.48. The first-order valence-electron chi connectivity index (χ1n) is 11.1. The Balaban J connectivity index is 1.69. The predicted octanol–water partition coefficient (Wildman–Crippen LogP) is 4.70. The highest BCUT2D eigenvalue weighted by molar-refractivity contribution is 5.74. The van der Waals surface area contributed by atoms with Gasteiger partial charge in [0.2, 0.25) is 0 Å². The monoisotopic (exact) mass is 441 g/mol. The van der Waals surface area contributed by atoms with E-state index in [4.69, 9.17) is 14.6 Å². The summed E-state index contributed by atoms with van der Waals surface area (Å²) in [6, 6.07) is 16.8. The molecule has 6 heteroatoms. The van der Waals surface area contributed by atoms with Crippen molar-refractivity contribution in [3.8, 4) is 11.5 Å². The van der Waals surface area contributed by atoms with Gasteiger partial charge in [0.25, 0.3) is 0 Å². The Kier molecular flexibility index (Phi) is 5.50. The molecule has 2 aromatic carbocycles. The average Bonchev–Trinajstić information content (AvgIpc) is 3.63. The van der Waals surface area contributed by atoms with E-state index >= 15 is 0 Å². The van der Waals surface area contributed by atoms with E-state index in [0.29, 0.717) is 12.5 Å². The predicted molar refractivity (Wildman–Crippen MR) is 130 cm³/mol. The quantitative estimate of drug-likeness (QED) is 0.406. The molecule has 0 bridgehead atoms. The highest BCUT2D eigenvalue weighted by Gasteiger charge is 2.38. The van der Waals surface area contributed by atoms with Crippen molar-refractivity contribution in [1.82, 2.24) is 9.78 Å². The molecule has 1 N–H and O–H groups in total. The molecule has 0 atom stereocenters. The van der Waals surface area contributed by atoms with E-state index in [0.717, 1.165) is 58.8 Å². The van der Waals surface area contributed by atoms with Crippen molar-refractivity contribution in [2.45, 2.75) is 30.7 Å². The summed E-state index contributed by atoms with van der Waals surface area (Å²) in [6.45, 7) is 0. The van der Waals surface area contributed by atoms with Crippen molar-refractivity contribution in [3.63, 3.8) is 0 Å². The lowest BCUT2D eigenvalue weighted by Crippen LogP contribution is -2.31. The summed E-state index contributed by atoms with van der Waals surface area (Å²) < 4.78 is 12.9. The van der Waals surface area contributed by atoms with Gasteiger partial charge in [-0.15, -0.1) is 0 Å². The van der Waals surface area contributed by atoms with E-state index in [9.17, 15) is 4.79 Å². The Bertz CT molecular complexity index is 1190. The summed E-state index contributed by atoms with van der Waals surface area (Å²) in [5, 5.41) is 8.33. The van der Waals surface area contributed by atoms with Gasteiger partial charge in [-0.05, 0) is 54.3 Å². The van der Waals surface area contributed by atoms with Crippen LogP contribution in [0, 0.1) is 0 Å². The van der Waals surface area contributed by atoms with Crippen molar-refractivity contribution in [1.29, 1.82) is 0 Å². The Labute approximate surface area is 193 Å². The molecule has 2 aliphatic carbocycles. The fourth-order valence-corrected chi connectivity index (χ4v) is 4.51. The van der Waals surface area contributed by atoms with Crippen LogP contribution in [0.15, 0.2) is 60.7 Å². The highest BCUT2D eigenvalue weighted by Crippen LogP contribution is 2.45. The number of hydrogen-bond donors (Lipinski definition) is 1. The maximum atomic E-state index is 11.1. The molecule has 5 rings (SSSR count). The number of carbonyl (C=O) groups excluding carboxylic acids is 1. The van der Waals surface area contributed by atoms with Crippen LogP contribution in [0.5, 0.6) is 11.5 Å². The topological polar surface area (TPSA) is 65.4 Å². The molecule has 0 amide bonds. The van der Waals surface area contributed by atoms with Gasteiger partial charge < -0.3 is 14.8 Å². The lowest BCUT2D eigenvalue weighted by molar-refractivity contribution is -0.104. The molecule has 0 saturated heterocycles. The first-order chi connectivity index (χ1) is 16.2. The van der Waals surface area contributed by atoms with E-state index in [-0.39, 0.29) is 0 Å². The molecular weight excluding hydrogens is 414 g/mol. The van der Waals surface area contributed by atoms with E-state index < -0.39 is 5.41 Å². The van der Waals surface area contributed by atoms with Crippen LogP contribution in [-0.4, -0.2) is 36.3 Å². The number of aldehydes is 1. The fraction of sp³-hybridized carbons (Fsp3) is 0.259. The first kappa shape index (κ1) is 21.1. The Morgan fingerprint density at radius 1 is 1.06 bits per heavy atom. The summed E-state index contributed by atoms with van der Waals surface area (Å²) in [4.78, 5) is 11.1. The number of rotatable bonds is 8. The molecule has 1 aromatic heterocycles. The second-order valence-corrected chi connectivity index (χ2v) is 8.50.